The van der Waals surface area contributed by atoms with Crippen molar-refractivity contribution in [2.24, 2.45) is 40.2 Å². The van der Waals surface area contributed by atoms with Gasteiger partial charge in [0, 0.05) is 23.9 Å². The Hall–Kier alpha value is -3.25. The number of nitrogens with two attached hydrogens (primary N) is 1. The Kier molecular flexibility index (Phi) is 9.93. The number of hydrogen-bond donors (Lipinski definition) is 3. The number of halogens is 1. The van der Waals surface area contributed by atoms with Gasteiger partial charge in [-0.1, -0.05) is 55.8 Å². The molecule has 1 aromatic rings. The number of Topliss-reactive ketones (excluding diaryl/α,β-unsaturated/α-hetero) is 1. The summed E-state index contributed by atoms with van der Waals surface area (Å²) in [6.07, 6.45) is 3.94. The summed E-state index contributed by atoms with van der Waals surface area (Å²) in [5, 5.41) is 11.7. The maximum absolute atomic E-state index is 17.5. The van der Waals surface area contributed by atoms with Gasteiger partial charge in [0.25, 0.3) is 5.91 Å². The third-order valence-electron chi connectivity index (χ3n) is 12.3. The van der Waals surface area contributed by atoms with Crippen LogP contribution in [0, 0.1) is 34.5 Å². The molecule has 0 heterocycles. The molecule has 4 aliphatic rings. The van der Waals surface area contributed by atoms with Crippen LogP contribution in [0.3, 0.4) is 0 Å². The Labute approximate surface area is 281 Å². The zero-order valence-corrected chi connectivity index (χ0v) is 28.7. The third kappa shape index (κ3) is 5.56. The molecule has 11 atom stereocenters. The summed E-state index contributed by atoms with van der Waals surface area (Å²) in [6, 6.07) is 8.45. The molecule has 0 radical (unpaired) electrons. The van der Waals surface area contributed by atoms with Crippen LogP contribution in [0.2, 0.25) is 0 Å². The van der Waals surface area contributed by atoms with Crippen LogP contribution in [0.15, 0.2) is 54.1 Å². The lowest BCUT2D eigenvalue weighted by atomic mass is 9.44. The highest BCUT2D eigenvalue weighted by atomic mass is 19.1. The van der Waals surface area contributed by atoms with Gasteiger partial charge in [0.1, 0.15) is 5.60 Å². The molecule has 262 valence electrons. The van der Waals surface area contributed by atoms with Crippen LogP contribution in [-0.2, 0) is 39.9 Å². The summed E-state index contributed by atoms with van der Waals surface area (Å²) in [5.41, 5.74) is 4.33. The standard InChI is InChI=1S/C37H49FN2O8/c1-21-16-28-27-13-12-25-18-26(41)14-15-34(25,4)36(27,38)30(42)19-35(28,5)37(21,46-6)31(43)20-47-33(45)22(2)23(3)48-40-32(44)29(39)17-24-10-8-7-9-11-24/h7-11,14-15,18,21-23,27-30,42H,12-13,16-17,19-20,39H2,1-6H3,(H,40,44)/t21-,22?,23?,27+,28+,29?,30+,34+,35+,36+,37+/m1/s1. The first-order valence-electron chi connectivity index (χ1n) is 16.9. The Balaban J connectivity index is 1.24. The van der Waals surface area contributed by atoms with Crippen molar-refractivity contribution in [3.8, 4) is 0 Å². The number of rotatable bonds is 11. The molecule has 3 fully saturated rings. The molecule has 0 bridgehead atoms. The Bertz CT molecular complexity index is 1500. The molecule has 10 nitrogen and oxygen atoms in total. The quantitative estimate of drug-likeness (QED) is 0.236. The number of carbonyl (C=O) groups excluding carboxylic acids is 4. The van der Waals surface area contributed by atoms with E-state index in [1.54, 1.807) is 26.8 Å². The monoisotopic (exact) mass is 668 g/mol. The van der Waals surface area contributed by atoms with Crippen LogP contribution in [0.4, 0.5) is 4.39 Å². The predicted octanol–water partition coefficient (Wildman–Crippen LogP) is 3.74. The summed E-state index contributed by atoms with van der Waals surface area (Å²) >= 11 is 0. The van der Waals surface area contributed by atoms with E-state index in [1.807, 2.05) is 44.2 Å². The van der Waals surface area contributed by atoms with Crippen molar-refractivity contribution in [2.75, 3.05) is 13.7 Å². The lowest BCUT2D eigenvalue weighted by Crippen LogP contribution is -2.69. The molecule has 0 spiro atoms. The molecule has 48 heavy (non-hydrogen) atoms. The van der Waals surface area contributed by atoms with Crippen LogP contribution in [0.1, 0.15) is 65.9 Å². The van der Waals surface area contributed by atoms with E-state index in [9.17, 15) is 24.3 Å². The fourth-order valence-corrected chi connectivity index (χ4v) is 9.53. The van der Waals surface area contributed by atoms with Crippen LogP contribution >= 0.6 is 0 Å². The number of carbonyl (C=O) groups is 4. The van der Waals surface area contributed by atoms with E-state index in [2.05, 4.69) is 5.48 Å². The normalized spacial score (nSPS) is 37.3. The predicted molar refractivity (Wildman–Crippen MR) is 175 cm³/mol. The van der Waals surface area contributed by atoms with Gasteiger partial charge in [-0.3, -0.25) is 24.0 Å². The first kappa shape index (κ1) is 36.0. The van der Waals surface area contributed by atoms with E-state index in [4.69, 9.17) is 20.0 Å². The maximum Gasteiger partial charge on any atom is 0.311 e. The second-order valence-corrected chi connectivity index (χ2v) is 14.7. The second-order valence-electron chi connectivity index (χ2n) is 14.7. The smallest absolute Gasteiger partial charge is 0.311 e. The number of nitrogens with one attached hydrogen (secondary N) is 1. The lowest BCUT2D eigenvalue weighted by Gasteiger charge is -2.63. The number of amides is 1. The average molecular weight is 669 g/mol. The van der Waals surface area contributed by atoms with Gasteiger partial charge < -0.3 is 20.3 Å². The summed E-state index contributed by atoms with van der Waals surface area (Å²) in [7, 11) is 1.44. The number of ketones is 2. The molecule has 4 aliphatic carbocycles. The van der Waals surface area contributed by atoms with E-state index < -0.39 is 76.5 Å². The van der Waals surface area contributed by atoms with Gasteiger partial charge in [-0.2, -0.15) is 0 Å². The van der Waals surface area contributed by atoms with Crippen molar-refractivity contribution >= 4 is 23.4 Å². The van der Waals surface area contributed by atoms with Crippen molar-refractivity contribution in [3.05, 3.63) is 59.7 Å². The highest BCUT2D eigenvalue weighted by Crippen LogP contribution is 2.71. The highest BCUT2D eigenvalue weighted by Gasteiger charge is 2.76. The van der Waals surface area contributed by atoms with Gasteiger partial charge in [0.05, 0.1) is 24.2 Å². The van der Waals surface area contributed by atoms with Crippen LogP contribution in [-0.4, -0.2) is 71.8 Å². The summed E-state index contributed by atoms with van der Waals surface area (Å²) in [6.45, 7) is 8.09. The minimum absolute atomic E-state index is 0.0411. The van der Waals surface area contributed by atoms with Crippen molar-refractivity contribution in [1.82, 2.24) is 5.48 Å². The number of ether oxygens (including phenoxy) is 2. The van der Waals surface area contributed by atoms with Crippen LogP contribution in [0.5, 0.6) is 0 Å². The summed E-state index contributed by atoms with van der Waals surface area (Å²) in [4.78, 5) is 57.3. The molecule has 0 aliphatic heterocycles. The molecule has 5 rings (SSSR count). The minimum atomic E-state index is -2.04. The Morgan fingerprint density at radius 1 is 1.15 bits per heavy atom. The summed E-state index contributed by atoms with van der Waals surface area (Å²) in [5.74, 6) is -4.00. The van der Waals surface area contributed by atoms with Gasteiger partial charge in [-0.05, 0) is 82.4 Å². The number of esters is 1. The molecular weight excluding hydrogens is 619 g/mol. The maximum atomic E-state index is 17.5. The molecule has 0 saturated heterocycles. The number of benzene rings is 1. The Morgan fingerprint density at radius 3 is 2.50 bits per heavy atom. The number of allylic oxidation sites excluding steroid dienone is 4. The number of fused-ring (bicyclic) bond motifs is 5. The van der Waals surface area contributed by atoms with Crippen molar-refractivity contribution < 1.29 is 43.0 Å². The lowest BCUT2D eigenvalue weighted by molar-refractivity contribution is -0.225. The average Bonchev–Trinajstić information content (AvgIpc) is 3.28. The van der Waals surface area contributed by atoms with Gasteiger partial charge in [0.15, 0.2) is 18.1 Å². The molecule has 1 aromatic carbocycles. The third-order valence-corrected chi connectivity index (χ3v) is 12.3. The van der Waals surface area contributed by atoms with E-state index in [1.165, 1.54) is 19.3 Å². The molecule has 0 aromatic heterocycles. The Morgan fingerprint density at radius 2 is 1.83 bits per heavy atom. The SMILES string of the molecule is CO[C@]1(C(=O)COC(=O)C(C)C(C)ONC(=O)C(N)Cc2ccccc2)[C@H](C)C[C@H]2[C@@H]3CCC4=CC(=O)C=C[C@]4(C)[C@@]3(F)[C@@H](O)C[C@@]21C. The van der Waals surface area contributed by atoms with Gasteiger partial charge in [-0.25, -0.2) is 9.87 Å². The zero-order chi connectivity index (χ0) is 35.2. The van der Waals surface area contributed by atoms with Gasteiger partial charge in [-0.15, -0.1) is 0 Å². The van der Waals surface area contributed by atoms with Crippen molar-refractivity contribution in [1.29, 1.82) is 0 Å². The minimum Gasteiger partial charge on any atom is -0.457 e. The molecule has 11 heteroatoms. The largest absolute Gasteiger partial charge is 0.457 e. The number of aliphatic hydroxyl groups excluding tert-OH is 1. The van der Waals surface area contributed by atoms with Gasteiger partial charge >= 0.3 is 5.97 Å². The number of methoxy groups -OCH3 is 1. The van der Waals surface area contributed by atoms with Crippen LogP contribution < -0.4 is 11.2 Å². The van der Waals surface area contributed by atoms with E-state index in [0.29, 0.717) is 31.3 Å². The molecular formula is C37H49FN2O8. The second kappa shape index (κ2) is 13.2. The first-order valence-corrected chi connectivity index (χ1v) is 16.9. The highest BCUT2D eigenvalue weighted by molar-refractivity contribution is 6.01. The van der Waals surface area contributed by atoms with Crippen molar-refractivity contribution in [2.45, 2.75) is 96.2 Å². The first-order chi connectivity index (χ1) is 22.6. The molecule has 3 unspecified atom stereocenters. The molecule has 3 saturated carbocycles. The topological polar surface area (TPSA) is 154 Å². The number of alkyl halides is 1. The van der Waals surface area contributed by atoms with E-state index in [-0.39, 0.29) is 24.0 Å². The van der Waals surface area contributed by atoms with E-state index in [0.717, 1.165) is 5.56 Å². The fraction of sp³-hybridized carbons (Fsp3) is 0.622. The molecule has 1 amide bonds. The van der Waals surface area contributed by atoms with Crippen molar-refractivity contribution in [3.63, 3.8) is 0 Å². The van der Waals surface area contributed by atoms with Gasteiger partial charge in [0.2, 0.25) is 5.78 Å². The van der Waals surface area contributed by atoms with E-state index >= 15 is 4.39 Å². The molecule has 4 N–H and O–H groups in total. The zero-order valence-electron chi connectivity index (χ0n) is 28.7. The number of aliphatic hydroxyl groups is 1. The number of hydrogen-bond acceptors (Lipinski definition) is 9. The summed E-state index contributed by atoms with van der Waals surface area (Å²) < 4.78 is 29.1. The number of hydroxylamine groups is 1. The van der Waals surface area contributed by atoms with Crippen LogP contribution in [0.25, 0.3) is 0 Å². The fourth-order valence-electron chi connectivity index (χ4n) is 9.53.